The second-order valence-electron chi connectivity index (χ2n) is 26.8. The highest BCUT2D eigenvalue weighted by Gasteiger charge is 2.48. The van der Waals surface area contributed by atoms with Gasteiger partial charge in [0.2, 0.25) is 0 Å². The summed E-state index contributed by atoms with van der Waals surface area (Å²) in [6.45, 7) is 18.0. The van der Waals surface area contributed by atoms with Crippen LogP contribution in [0, 0.1) is 5.92 Å². The molecule has 9 rings (SSSR count). The Labute approximate surface area is 553 Å². The predicted octanol–water partition coefficient (Wildman–Crippen LogP) is 27.4. The van der Waals surface area contributed by atoms with Crippen LogP contribution in [0.25, 0.3) is 28.0 Å². The zero-order chi connectivity index (χ0) is 63.5. The molecule has 0 fully saturated rings. The lowest BCUT2D eigenvalue weighted by Crippen LogP contribution is -2.27. The quantitative estimate of drug-likeness (QED) is 0.0280. The second kappa shape index (κ2) is 35.6. The van der Waals surface area contributed by atoms with Crippen LogP contribution in [-0.2, 0) is 10.8 Å². The van der Waals surface area contributed by atoms with Gasteiger partial charge in [0.1, 0.15) is 0 Å². The number of hydrogen-bond donors (Lipinski definition) is 0. The summed E-state index contributed by atoms with van der Waals surface area (Å²) in [4.78, 5) is 5.12. The van der Waals surface area contributed by atoms with Gasteiger partial charge in [-0.05, 0) is 161 Å². The van der Waals surface area contributed by atoms with Crippen molar-refractivity contribution in [2.45, 2.75) is 232 Å². The number of unbranched alkanes of at least 4 members (excludes halogenated alkanes) is 20. The number of hydrogen-bond acceptors (Lipinski definition) is 2. The predicted molar refractivity (Wildman–Crippen MR) is 400 cm³/mol. The fourth-order valence-corrected chi connectivity index (χ4v) is 15.6. The minimum Gasteiger partial charge on any atom is -0.310 e. The first kappa shape index (κ1) is 68.2. The zero-order valence-electron chi connectivity index (χ0n) is 57.2. The first-order valence-corrected chi connectivity index (χ1v) is 36.5. The maximum atomic E-state index is 4.07. The van der Waals surface area contributed by atoms with Gasteiger partial charge in [-0.25, -0.2) is 0 Å². The van der Waals surface area contributed by atoms with Crippen LogP contribution in [0.3, 0.4) is 0 Å². The molecular weight excluding hydrogens is 1100 g/mol. The van der Waals surface area contributed by atoms with Crippen LogP contribution in [0.5, 0.6) is 0 Å². The van der Waals surface area contributed by atoms with Crippen LogP contribution in [0.15, 0.2) is 230 Å². The zero-order valence-corrected chi connectivity index (χ0v) is 57.2. The molecule has 2 heteroatoms. The van der Waals surface area contributed by atoms with E-state index in [-0.39, 0.29) is 16.7 Å². The summed E-state index contributed by atoms with van der Waals surface area (Å²) >= 11 is 0. The van der Waals surface area contributed by atoms with Crippen LogP contribution < -0.4 is 9.80 Å². The summed E-state index contributed by atoms with van der Waals surface area (Å²) in [6.07, 6.45) is 62.0. The van der Waals surface area contributed by atoms with E-state index in [1.807, 2.05) is 6.08 Å². The highest BCUT2D eigenvalue weighted by Crippen LogP contribution is 2.62. The second-order valence-corrected chi connectivity index (χ2v) is 26.8. The highest BCUT2D eigenvalue weighted by molar-refractivity contribution is 5.94. The fourth-order valence-electron chi connectivity index (χ4n) is 15.6. The number of rotatable bonds is 39. The molecule has 3 aliphatic carbocycles. The van der Waals surface area contributed by atoms with Gasteiger partial charge in [-0.2, -0.15) is 0 Å². The van der Waals surface area contributed by atoms with Crippen LogP contribution in [-0.4, -0.2) is 0 Å². The van der Waals surface area contributed by atoms with Crippen LogP contribution in [0.4, 0.5) is 22.7 Å². The standard InChI is InChI=1S/C89H112N2/c1-8-14-20-24-28-45-63-88(64-46-29-25-21-15-9-2)82-67-75(90(73-52-39-33-40-53-73)86(57-35-18-12-5)72-50-37-32-38-51-72)59-61-78(82)80-69-85-81(70-84(80)88)79-62-60-76(68-83(79)89(85,65-47-30-26-22-16-10-3)66-48-31-27-23-17-11-4)91(74-54-41-34-42-55-74)87(58-36-19-13-6)77-56-44-43-49-71(77)7/h12-13,18-19,32-44,49-62,67-71H,5,8-11,14-17,20-31,45-48,63-66H2,1-4,6-7H3/b19-13-,35-18-,58-36-,86-57+,87-77-. The van der Waals surface area contributed by atoms with Gasteiger partial charge in [0, 0.05) is 45.2 Å². The van der Waals surface area contributed by atoms with Crippen molar-refractivity contribution < 1.29 is 0 Å². The molecule has 6 aromatic carbocycles. The van der Waals surface area contributed by atoms with Gasteiger partial charge in [-0.3, -0.25) is 0 Å². The molecule has 0 spiro atoms. The first-order chi connectivity index (χ1) is 44.9. The first-order valence-electron chi connectivity index (χ1n) is 36.5. The third kappa shape index (κ3) is 16.7. The topological polar surface area (TPSA) is 6.48 Å². The van der Waals surface area contributed by atoms with Gasteiger partial charge in [-0.1, -0.05) is 335 Å². The molecule has 0 saturated heterocycles. The number of fused-ring (bicyclic) bond motifs is 6. The lowest BCUT2D eigenvalue weighted by Gasteiger charge is -2.36. The summed E-state index contributed by atoms with van der Waals surface area (Å²) in [7, 11) is 0. The van der Waals surface area contributed by atoms with E-state index in [9.17, 15) is 0 Å². The summed E-state index contributed by atoms with van der Waals surface area (Å²) in [5.41, 5.74) is 21.6. The Kier molecular flexibility index (Phi) is 26.7. The van der Waals surface area contributed by atoms with E-state index in [2.05, 4.69) is 264 Å². The molecule has 1 unspecified atom stereocenters. The van der Waals surface area contributed by atoms with Crippen molar-refractivity contribution in [2.75, 3.05) is 9.80 Å². The summed E-state index contributed by atoms with van der Waals surface area (Å²) in [5.74, 6) is 0.261. The number of anilines is 4. The van der Waals surface area contributed by atoms with E-state index in [1.165, 1.54) is 210 Å². The molecule has 91 heavy (non-hydrogen) atoms. The van der Waals surface area contributed by atoms with Crippen LogP contribution in [0.2, 0.25) is 0 Å². The smallest absolute Gasteiger partial charge is 0.0533 e. The van der Waals surface area contributed by atoms with Gasteiger partial charge in [0.05, 0.1) is 5.70 Å². The summed E-state index contributed by atoms with van der Waals surface area (Å²) < 4.78 is 0. The molecule has 0 aromatic heterocycles. The molecule has 0 N–H and O–H groups in total. The normalized spacial score (nSPS) is 15.8. The largest absolute Gasteiger partial charge is 0.310 e. The van der Waals surface area contributed by atoms with Gasteiger partial charge in [0.25, 0.3) is 0 Å². The minimum atomic E-state index is -0.153. The van der Waals surface area contributed by atoms with Gasteiger partial charge < -0.3 is 9.80 Å². The molecule has 0 amide bonds. The molecule has 0 bridgehead atoms. The molecule has 3 aliphatic rings. The number of nitrogens with zero attached hydrogens (tertiary/aromatic N) is 2. The molecule has 478 valence electrons. The molecule has 2 nitrogen and oxygen atoms in total. The Morgan fingerprint density at radius 3 is 1.27 bits per heavy atom. The monoisotopic (exact) mass is 1210 g/mol. The molecular formula is C89H112N2. The number of para-hydroxylation sites is 2. The minimum absolute atomic E-state index is 0.148. The Hall–Kier alpha value is -7.16. The number of allylic oxidation sites excluding steroid dienone is 13. The van der Waals surface area contributed by atoms with Gasteiger partial charge in [-0.15, -0.1) is 0 Å². The SMILES string of the molecule is C=C/C=C\C=C(/c1ccccc1)N(c1ccccc1)c1ccc2c(c1)C(CCCCCCCC)(CCCCCCCC)c1cc3c(cc1-2)C(CCCCCCCC)(CCCCCCCC)c1cc(N(C(/C=C\C=C/C)=C2/C=CC=CC2C)c2ccccc2)ccc1-3. The van der Waals surface area contributed by atoms with Crippen LogP contribution in [0.1, 0.15) is 249 Å². The average molecular weight is 1210 g/mol. The Morgan fingerprint density at radius 2 is 0.835 bits per heavy atom. The van der Waals surface area contributed by atoms with Crippen molar-refractivity contribution >= 4 is 28.4 Å². The number of benzene rings is 6. The summed E-state index contributed by atoms with van der Waals surface area (Å²) in [5, 5.41) is 0. The van der Waals surface area contributed by atoms with E-state index >= 15 is 0 Å². The maximum Gasteiger partial charge on any atom is 0.0533 e. The Bertz CT molecular complexity index is 3400. The summed E-state index contributed by atoms with van der Waals surface area (Å²) in [6, 6.07) is 54.6. The van der Waals surface area contributed by atoms with Crippen molar-refractivity contribution in [3.63, 3.8) is 0 Å². The van der Waals surface area contributed by atoms with E-state index in [0.29, 0.717) is 0 Å². The molecule has 0 saturated carbocycles. The van der Waals surface area contributed by atoms with Gasteiger partial charge in [0.15, 0.2) is 0 Å². The average Bonchev–Trinajstić information content (AvgIpc) is 1.53. The maximum absolute atomic E-state index is 4.07. The highest BCUT2D eigenvalue weighted by atomic mass is 15.2. The third-order valence-corrected chi connectivity index (χ3v) is 20.4. The molecule has 1 atom stereocenters. The van der Waals surface area contributed by atoms with E-state index in [1.54, 1.807) is 22.3 Å². The van der Waals surface area contributed by atoms with Crippen molar-refractivity contribution in [1.29, 1.82) is 0 Å². The Morgan fingerprint density at radius 1 is 0.418 bits per heavy atom. The van der Waals surface area contributed by atoms with E-state index in [4.69, 9.17) is 0 Å². The van der Waals surface area contributed by atoms with E-state index < -0.39 is 0 Å². The third-order valence-electron chi connectivity index (χ3n) is 20.4. The van der Waals surface area contributed by atoms with Gasteiger partial charge >= 0.3 is 0 Å². The van der Waals surface area contributed by atoms with Crippen molar-refractivity contribution in [1.82, 2.24) is 0 Å². The molecule has 0 aliphatic heterocycles. The molecule has 0 radical (unpaired) electrons. The Balaban J connectivity index is 1.31. The molecule has 6 aromatic rings. The van der Waals surface area contributed by atoms with Crippen molar-refractivity contribution in [3.05, 3.63) is 258 Å². The van der Waals surface area contributed by atoms with Crippen molar-refractivity contribution in [2.24, 2.45) is 5.92 Å². The lowest BCUT2D eigenvalue weighted by molar-refractivity contribution is 0.394. The fraction of sp³-hybridized carbons (Fsp3) is 0.416. The van der Waals surface area contributed by atoms with Crippen molar-refractivity contribution in [3.8, 4) is 22.3 Å². The molecule has 0 heterocycles. The van der Waals surface area contributed by atoms with E-state index in [0.717, 1.165) is 37.1 Å². The lowest BCUT2D eigenvalue weighted by atomic mass is 9.68. The van der Waals surface area contributed by atoms with Crippen LogP contribution >= 0.6 is 0 Å².